The number of likely N-dealkylation sites (tertiary alicyclic amines) is 1. The summed E-state index contributed by atoms with van der Waals surface area (Å²) in [6, 6.07) is 9.64. The number of hydrogen-bond acceptors (Lipinski definition) is 6. The van der Waals surface area contributed by atoms with Crippen molar-refractivity contribution in [3.8, 4) is 11.5 Å². The Kier molecular flexibility index (Phi) is 7.01. The number of thiophene rings is 1. The molecule has 0 bridgehead atoms. The van der Waals surface area contributed by atoms with Crippen molar-refractivity contribution in [2.24, 2.45) is 0 Å². The number of carbonyl (C=O) groups is 2. The van der Waals surface area contributed by atoms with Gasteiger partial charge < -0.3 is 19.5 Å². The number of carbonyl (C=O) groups excluding carboxylic acids is 2. The van der Waals surface area contributed by atoms with Crippen LogP contribution in [0.4, 0.5) is 13.2 Å². The van der Waals surface area contributed by atoms with Crippen LogP contribution in [0.2, 0.25) is 5.02 Å². The Labute approximate surface area is 213 Å². The number of amides is 1. The molecule has 1 fully saturated rings. The molecule has 0 spiro atoms. The zero-order valence-corrected chi connectivity index (χ0v) is 20.5. The van der Waals surface area contributed by atoms with Crippen LogP contribution in [-0.2, 0) is 22.3 Å². The first-order valence-electron chi connectivity index (χ1n) is 10.5. The maximum Gasteiger partial charge on any atom is 0.416 e. The van der Waals surface area contributed by atoms with Gasteiger partial charge in [-0.2, -0.15) is 13.2 Å². The van der Waals surface area contributed by atoms with Crippen molar-refractivity contribution in [3.05, 3.63) is 86.1 Å². The molecule has 36 heavy (non-hydrogen) atoms. The average molecular weight is 538 g/mol. The number of Topliss-reactive ketones (excluding diaryl/α,β-unsaturated/α-hetero) is 1. The van der Waals surface area contributed by atoms with E-state index in [-0.39, 0.29) is 39.8 Å². The highest BCUT2D eigenvalue weighted by Gasteiger charge is 2.47. The van der Waals surface area contributed by atoms with E-state index in [9.17, 15) is 27.9 Å². The van der Waals surface area contributed by atoms with Gasteiger partial charge in [-0.05, 0) is 35.2 Å². The molecule has 0 aliphatic carbocycles. The molecule has 11 heteroatoms. The van der Waals surface area contributed by atoms with Crippen molar-refractivity contribution in [1.29, 1.82) is 0 Å². The molecule has 2 heterocycles. The van der Waals surface area contributed by atoms with Crippen LogP contribution in [0, 0.1) is 0 Å². The third-order valence-electron chi connectivity index (χ3n) is 5.69. The summed E-state index contributed by atoms with van der Waals surface area (Å²) in [5.74, 6) is -2.12. The van der Waals surface area contributed by atoms with Crippen molar-refractivity contribution in [2.75, 3.05) is 14.2 Å². The summed E-state index contributed by atoms with van der Waals surface area (Å²) in [6.45, 7) is -0.283. The SMILES string of the molecule is COc1cc(/C(O)=C2\C(=O)C(=O)N(Cc3cccc(C(F)(F)F)c3)C2c2cccs2)c(OC)cc1Cl. The third-order valence-corrected chi connectivity index (χ3v) is 6.91. The first-order chi connectivity index (χ1) is 17.1. The third kappa shape index (κ3) is 4.66. The molecule has 6 nitrogen and oxygen atoms in total. The highest BCUT2D eigenvalue weighted by Crippen LogP contribution is 2.44. The molecule has 1 N–H and O–H groups in total. The van der Waals surface area contributed by atoms with Gasteiger partial charge in [-0.15, -0.1) is 11.3 Å². The van der Waals surface area contributed by atoms with Gasteiger partial charge in [-0.25, -0.2) is 0 Å². The van der Waals surface area contributed by atoms with Gasteiger partial charge in [-0.3, -0.25) is 9.59 Å². The molecular formula is C25H19ClF3NO5S. The quantitative estimate of drug-likeness (QED) is 0.235. The second-order valence-electron chi connectivity index (χ2n) is 7.83. The van der Waals surface area contributed by atoms with Crippen LogP contribution in [0.1, 0.15) is 27.6 Å². The van der Waals surface area contributed by atoms with Gasteiger partial charge in [0.2, 0.25) is 0 Å². The summed E-state index contributed by atoms with van der Waals surface area (Å²) in [5.41, 5.74) is -0.851. The number of ether oxygens (including phenoxy) is 2. The van der Waals surface area contributed by atoms with E-state index < -0.39 is 35.2 Å². The van der Waals surface area contributed by atoms with Crippen LogP contribution in [0.3, 0.4) is 0 Å². The average Bonchev–Trinajstić information content (AvgIpc) is 3.46. The zero-order chi connectivity index (χ0) is 26.2. The van der Waals surface area contributed by atoms with E-state index in [1.807, 2.05) is 0 Å². The van der Waals surface area contributed by atoms with Crippen molar-refractivity contribution < 1.29 is 37.3 Å². The maximum absolute atomic E-state index is 13.2. The lowest BCUT2D eigenvalue weighted by Crippen LogP contribution is -2.29. The molecule has 1 atom stereocenters. The number of methoxy groups -OCH3 is 2. The molecule has 1 saturated heterocycles. The topological polar surface area (TPSA) is 76.1 Å². The van der Waals surface area contributed by atoms with Gasteiger partial charge in [0, 0.05) is 17.5 Å². The zero-order valence-electron chi connectivity index (χ0n) is 18.9. The van der Waals surface area contributed by atoms with E-state index in [1.54, 1.807) is 17.5 Å². The number of halogens is 4. The fourth-order valence-corrected chi connectivity index (χ4v) is 5.10. The second-order valence-corrected chi connectivity index (χ2v) is 9.21. The number of aliphatic hydroxyl groups is 1. The molecular weight excluding hydrogens is 519 g/mol. The van der Waals surface area contributed by atoms with Crippen molar-refractivity contribution in [2.45, 2.75) is 18.8 Å². The Morgan fingerprint density at radius 1 is 1.08 bits per heavy atom. The van der Waals surface area contributed by atoms with E-state index in [4.69, 9.17) is 21.1 Å². The summed E-state index contributed by atoms with van der Waals surface area (Å²) in [6.07, 6.45) is -4.57. The summed E-state index contributed by atoms with van der Waals surface area (Å²) in [5, 5.41) is 13.2. The van der Waals surface area contributed by atoms with Gasteiger partial charge in [0.05, 0.1) is 42.0 Å². The van der Waals surface area contributed by atoms with Crippen LogP contribution < -0.4 is 9.47 Å². The molecule has 2 aromatic carbocycles. The number of benzene rings is 2. The van der Waals surface area contributed by atoms with E-state index in [2.05, 4.69) is 0 Å². The van der Waals surface area contributed by atoms with Crippen molar-refractivity contribution >= 4 is 40.4 Å². The number of hydrogen-bond donors (Lipinski definition) is 1. The van der Waals surface area contributed by atoms with Crippen LogP contribution in [0.25, 0.3) is 5.76 Å². The predicted octanol–water partition coefficient (Wildman–Crippen LogP) is 6.06. The first-order valence-corrected chi connectivity index (χ1v) is 11.7. The van der Waals surface area contributed by atoms with E-state index in [0.717, 1.165) is 17.0 Å². The van der Waals surface area contributed by atoms with Gasteiger partial charge in [0.1, 0.15) is 17.3 Å². The minimum Gasteiger partial charge on any atom is -0.507 e. The standard InChI is InChI=1S/C25H19ClF3NO5S/c1-34-17-11-16(26)18(35-2)10-15(17)22(31)20-21(19-7-4-8-36-19)30(24(33)23(20)32)12-13-5-3-6-14(9-13)25(27,28)29/h3-11,21,31H,12H2,1-2H3/b22-20+. The van der Waals surface area contributed by atoms with E-state index >= 15 is 0 Å². The molecule has 1 unspecified atom stereocenters. The number of alkyl halides is 3. The van der Waals surface area contributed by atoms with Gasteiger partial charge in [0.15, 0.2) is 0 Å². The first kappa shape index (κ1) is 25.6. The fourth-order valence-electron chi connectivity index (χ4n) is 4.02. The molecule has 4 rings (SSSR count). The Bertz CT molecular complexity index is 1350. The van der Waals surface area contributed by atoms with Gasteiger partial charge in [-0.1, -0.05) is 29.8 Å². The summed E-state index contributed by atoms with van der Waals surface area (Å²) in [4.78, 5) is 28.0. The maximum atomic E-state index is 13.2. The number of aliphatic hydroxyl groups excluding tert-OH is 1. The lowest BCUT2D eigenvalue weighted by molar-refractivity contribution is -0.140. The fraction of sp³-hybridized carbons (Fsp3) is 0.200. The van der Waals surface area contributed by atoms with Crippen LogP contribution >= 0.6 is 22.9 Å². The molecule has 1 aliphatic heterocycles. The van der Waals surface area contributed by atoms with Crippen molar-refractivity contribution in [3.63, 3.8) is 0 Å². The second kappa shape index (κ2) is 9.87. The molecule has 1 amide bonds. The number of nitrogens with zero attached hydrogens (tertiary/aromatic N) is 1. The normalized spacial score (nSPS) is 17.5. The Hall–Kier alpha value is -3.50. The lowest BCUT2D eigenvalue weighted by atomic mass is 9.99. The highest BCUT2D eigenvalue weighted by molar-refractivity contribution is 7.10. The molecule has 0 saturated carbocycles. The van der Waals surface area contributed by atoms with Crippen molar-refractivity contribution in [1.82, 2.24) is 4.90 Å². The highest BCUT2D eigenvalue weighted by atomic mass is 35.5. The minimum absolute atomic E-state index is 0.0670. The minimum atomic E-state index is -4.57. The summed E-state index contributed by atoms with van der Waals surface area (Å²) >= 11 is 7.39. The number of ketones is 1. The Balaban J connectivity index is 1.86. The molecule has 0 radical (unpaired) electrons. The molecule has 1 aliphatic rings. The predicted molar refractivity (Wildman–Crippen MR) is 128 cm³/mol. The van der Waals surface area contributed by atoms with Crippen LogP contribution in [0.5, 0.6) is 11.5 Å². The van der Waals surface area contributed by atoms with E-state index in [1.165, 1.54) is 49.8 Å². The molecule has 1 aromatic heterocycles. The Morgan fingerprint density at radius 3 is 2.42 bits per heavy atom. The van der Waals surface area contributed by atoms with E-state index in [0.29, 0.717) is 4.88 Å². The smallest absolute Gasteiger partial charge is 0.416 e. The Morgan fingerprint density at radius 2 is 1.81 bits per heavy atom. The lowest BCUT2D eigenvalue weighted by Gasteiger charge is -2.24. The van der Waals surface area contributed by atoms with Crippen LogP contribution in [0.15, 0.2) is 59.5 Å². The molecule has 188 valence electrons. The largest absolute Gasteiger partial charge is 0.507 e. The summed E-state index contributed by atoms with van der Waals surface area (Å²) in [7, 11) is 2.72. The number of rotatable bonds is 6. The van der Waals surface area contributed by atoms with Gasteiger partial charge in [0.25, 0.3) is 11.7 Å². The van der Waals surface area contributed by atoms with Crippen LogP contribution in [-0.4, -0.2) is 35.9 Å². The summed E-state index contributed by atoms with van der Waals surface area (Å²) < 4.78 is 50.2. The molecule has 3 aromatic rings. The monoisotopic (exact) mass is 537 g/mol. The van der Waals surface area contributed by atoms with Gasteiger partial charge >= 0.3 is 6.18 Å².